The maximum Gasteiger partial charge on any atom is 0.0683 e. The van der Waals surface area contributed by atoms with Gasteiger partial charge in [0.1, 0.15) is 0 Å². The van der Waals surface area contributed by atoms with E-state index >= 15 is 0 Å². The fourth-order valence-corrected chi connectivity index (χ4v) is 2.39. The van der Waals surface area contributed by atoms with Crippen molar-refractivity contribution in [3.05, 3.63) is 0 Å². The Morgan fingerprint density at radius 1 is 1.44 bits per heavy atom. The summed E-state index contributed by atoms with van der Waals surface area (Å²) in [4.78, 5) is 2.51. The first-order chi connectivity index (χ1) is 7.59. The Labute approximate surface area is 99.6 Å². The van der Waals surface area contributed by atoms with Crippen molar-refractivity contribution < 1.29 is 0 Å². The average molecular weight is 223 g/mol. The molecule has 1 saturated heterocycles. The van der Waals surface area contributed by atoms with Gasteiger partial charge in [-0.25, -0.2) is 0 Å². The normalized spacial score (nSPS) is 22.2. The first-order valence-corrected chi connectivity index (χ1v) is 6.44. The number of rotatable bonds is 6. The Balaban J connectivity index is 2.14. The summed E-state index contributed by atoms with van der Waals surface area (Å²) < 4.78 is 0. The molecular formula is C13H25N3. The summed E-state index contributed by atoms with van der Waals surface area (Å²) in [7, 11) is 0. The van der Waals surface area contributed by atoms with E-state index in [1.54, 1.807) is 0 Å². The zero-order valence-electron chi connectivity index (χ0n) is 10.7. The van der Waals surface area contributed by atoms with Crippen LogP contribution in [0.5, 0.6) is 0 Å². The van der Waals surface area contributed by atoms with Crippen molar-refractivity contribution in [1.29, 1.82) is 5.26 Å². The van der Waals surface area contributed by atoms with Gasteiger partial charge in [0.2, 0.25) is 0 Å². The Morgan fingerprint density at radius 3 is 2.81 bits per heavy atom. The van der Waals surface area contributed by atoms with Crippen LogP contribution in [0.4, 0.5) is 0 Å². The summed E-state index contributed by atoms with van der Waals surface area (Å²) in [6.45, 7) is 7.20. The molecule has 1 atom stereocenters. The summed E-state index contributed by atoms with van der Waals surface area (Å²) in [6, 6.07) is 2.97. The highest BCUT2D eigenvalue weighted by atomic mass is 15.2. The predicted octanol–water partition coefficient (Wildman–Crippen LogP) is 2.13. The molecule has 0 spiro atoms. The standard InChI is InChI=1S/C13H25N3/c1-13(2,11-15)7-3-4-8-16-9-5-6-12(16)10-14/h12H,3-10,14H2,1-2H3. The number of nitrogens with two attached hydrogens (primary N) is 1. The van der Waals surface area contributed by atoms with Gasteiger partial charge in [-0.05, 0) is 52.6 Å². The van der Waals surface area contributed by atoms with E-state index in [4.69, 9.17) is 11.0 Å². The van der Waals surface area contributed by atoms with Crippen molar-refractivity contribution >= 4 is 0 Å². The molecule has 0 bridgehead atoms. The van der Waals surface area contributed by atoms with E-state index in [9.17, 15) is 0 Å². The van der Waals surface area contributed by atoms with Crippen LogP contribution in [0.15, 0.2) is 0 Å². The summed E-state index contributed by atoms with van der Waals surface area (Å²) in [5.74, 6) is 0. The van der Waals surface area contributed by atoms with Crippen LogP contribution in [0.2, 0.25) is 0 Å². The highest BCUT2D eigenvalue weighted by Crippen LogP contribution is 2.23. The average Bonchev–Trinajstić information content (AvgIpc) is 2.72. The van der Waals surface area contributed by atoms with E-state index in [1.807, 2.05) is 13.8 Å². The lowest BCUT2D eigenvalue weighted by molar-refractivity contribution is 0.248. The smallest absolute Gasteiger partial charge is 0.0683 e. The fraction of sp³-hybridized carbons (Fsp3) is 0.923. The first-order valence-electron chi connectivity index (χ1n) is 6.44. The SMILES string of the molecule is CC(C)(C#N)CCCCN1CCCC1CN. The molecule has 1 fully saturated rings. The molecule has 92 valence electrons. The second-order valence-corrected chi connectivity index (χ2v) is 5.52. The van der Waals surface area contributed by atoms with Crippen LogP contribution in [0.1, 0.15) is 46.0 Å². The second kappa shape index (κ2) is 6.22. The van der Waals surface area contributed by atoms with Gasteiger partial charge in [-0.15, -0.1) is 0 Å². The van der Waals surface area contributed by atoms with Crippen LogP contribution in [0.3, 0.4) is 0 Å². The van der Waals surface area contributed by atoms with Crippen molar-refractivity contribution in [1.82, 2.24) is 4.90 Å². The van der Waals surface area contributed by atoms with Crippen LogP contribution in [-0.4, -0.2) is 30.6 Å². The fourth-order valence-electron chi connectivity index (χ4n) is 2.39. The Kier molecular flexibility index (Phi) is 5.24. The molecule has 0 amide bonds. The number of nitriles is 1. The maximum absolute atomic E-state index is 8.91. The molecule has 0 saturated carbocycles. The number of unbranched alkanes of at least 4 members (excludes halogenated alkanes) is 1. The van der Waals surface area contributed by atoms with Crippen molar-refractivity contribution in [2.75, 3.05) is 19.6 Å². The minimum atomic E-state index is -0.154. The molecule has 1 aliphatic rings. The van der Waals surface area contributed by atoms with Gasteiger partial charge in [-0.3, -0.25) is 4.90 Å². The Morgan fingerprint density at radius 2 is 2.19 bits per heavy atom. The summed E-state index contributed by atoms with van der Waals surface area (Å²) in [5, 5.41) is 8.91. The Bertz CT molecular complexity index is 242. The molecular weight excluding hydrogens is 198 g/mol. The van der Waals surface area contributed by atoms with Gasteiger partial charge in [0.25, 0.3) is 0 Å². The van der Waals surface area contributed by atoms with Crippen LogP contribution in [-0.2, 0) is 0 Å². The monoisotopic (exact) mass is 223 g/mol. The van der Waals surface area contributed by atoms with E-state index < -0.39 is 0 Å². The topological polar surface area (TPSA) is 53.0 Å². The molecule has 0 aromatic heterocycles. The quantitative estimate of drug-likeness (QED) is 0.702. The minimum Gasteiger partial charge on any atom is -0.329 e. The molecule has 16 heavy (non-hydrogen) atoms. The molecule has 3 nitrogen and oxygen atoms in total. The van der Waals surface area contributed by atoms with Crippen molar-refractivity contribution in [2.24, 2.45) is 11.1 Å². The number of nitrogens with zero attached hydrogens (tertiary/aromatic N) is 2. The third-order valence-electron chi connectivity index (χ3n) is 3.57. The lowest BCUT2D eigenvalue weighted by atomic mass is 9.89. The van der Waals surface area contributed by atoms with Gasteiger partial charge in [0, 0.05) is 12.6 Å². The van der Waals surface area contributed by atoms with Gasteiger partial charge in [-0.1, -0.05) is 6.42 Å². The van der Waals surface area contributed by atoms with E-state index in [0.29, 0.717) is 6.04 Å². The van der Waals surface area contributed by atoms with Crippen LogP contribution in [0, 0.1) is 16.7 Å². The van der Waals surface area contributed by atoms with E-state index in [-0.39, 0.29) is 5.41 Å². The Hall–Kier alpha value is -0.590. The first kappa shape index (κ1) is 13.5. The van der Waals surface area contributed by atoms with Gasteiger partial charge in [0.15, 0.2) is 0 Å². The molecule has 0 aromatic carbocycles. The van der Waals surface area contributed by atoms with E-state index in [1.165, 1.54) is 25.8 Å². The van der Waals surface area contributed by atoms with Gasteiger partial charge >= 0.3 is 0 Å². The molecule has 1 heterocycles. The molecule has 2 N–H and O–H groups in total. The highest BCUT2D eigenvalue weighted by Gasteiger charge is 2.22. The number of hydrogen-bond acceptors (Lipinski definition) is 3. The molecule has 1 aliphatic heterocycles. The van der Waals surface area contributed by atoms with Gasteiger partial charge in [0.05, 0.1) is 11.5 Å². The van der Waals surface area contributed by atoms with Gasteiger partial charge in [-0.2, -0.15) is 5.26 Å². The molecule has 0 aromatic rings. The molecule has 0 radical (unpaired) electrons. The van der Waals surface area contributed by atoms with Crippen LogP contribution in [0.25, 0.3) is 0 Å². The van der Waals surface area contributed by atoms with E-state index in [0.717, 1.165) is 25.9 Å². The number of likely N-dealkylation sites (tertiary alicyclic amines) is 1. The largest absolute Gasteiger partial charge is 0.329 e. The van der Waals surface area contributed by atoms with Crippen LogP contribution >= 0.6 is 0 Å². The summed E-state index contributed by atoms with van der Waals surface area (Å²) >= 11 is 0. The highest BCUT2D eigenvalue weighted by molar-refractivity contribution is 4.91. The lowest BCUT2D eigenvalue weighted by Gasteiger charge is -2.23. The third kappa shape index (κ3) is 4.11. The van der Waals surface area contributed by atoms with Crippen molar-refractivity contribution in [2.45, 2.75) is 52.0 Å². The lowest BCUT2D eigenvalue weighted by Crippen LogP contribution is -2.36. The summed E-state index contributed by atoms with van der Waals surface area (Å²) in [6.07, 6.45) is 5.91. The van der Waals surface area contributed by atoms with Crippen LogP contribution < -0.4 is 5.73 Å². The van der Waals surface area contributed by atoms with Crippen molar-refractivity contribution in [3.63, 3.8) is 0 Å². The predicted molar refractivity (Wildman–Crippen MR) is 66.9 cm³/mol. The molecule has 1 rings (SSSR count). The summed E-state index contributed by atoms with van der Waals surface area (Å²) in [5.41, 5.74) is 5.58. The number of hydrogen-bond donors (Lipinski definition) is 1. The zero-order valence-corrected chi connectivity index (χ0v) is 10.7. The zero-order chi connectivity index (χ0) is 12.0. The van der Waals surface area contributed by atoms with Crippen molar-refractivity contribution in [3.8, 4) is 6.07 Å². The molecule has 1 unspecified atom stereocenters. The molecule has 0 aliphatic carbocycles. The minimum absolute atomic E-state index is 0.154. The third-order valence-corrected chi connectivity index (χ3v) is 3.57. The second-order valence-electron chi connectivity index (χ2n) is 5.52. The molecule has 3 heteroatoms. The maximum atomic E-state index is 8.91. The van der Waals surface area contributed by atoms with E-state index in [2.05, 4.69) is 11.0 Å². The van der Waals surface area contributed by atoms with Gasteiger partial charge < -0.3 is 5.73 Å².